The van der Waals surface area contributed by atoms with E-state index < -0.39 is 0 Å². The highest BCUT2D eigenvalue weighted by Gasteiger charge is 2.18. The van der Waals surface area contributed by atoms with E-state index in [4.69, 9.17) is 11.6 Å². The van der Waals surface area contributed by atoms with Crippen molar-refractivity contribution >= 4 is 29.0 Å². The van der Waals surface area contributed by atoms with Crippen LogP contribution in [-0.4, -0.2) is 46.3 Å². The number of nitrogens with zero attached hydrogens (tertiary/aromatic N) is 2. The van der Waals surface area contributed by atoms with Gasteiger partial charge in [-0.2, -0.15) is 0 Å². The van der Waals surface area contributed by atoms with E-state index in [0.717, 1.165) is 12.0 Å². The van der Waals surface area contributed by atoms with Crippen molar-refractivity contribution < 1.29 is 9.59 Å². The standard InChI is InChI=1S/C18H19ClN4O2/c19-15-3-1-13(2-4-15)14-6-9-23(10-7-14)17(24)5-8-21-18(25)16-11-20-12-22-16/h1-4,6,11-12H,5,7-10H2,(H,20,22)(H,21,25). The molecule has 2 N–H and O–H groups in total. The van der Waals surface area contributed by atoms with Gasteiger partial charge in [-0.25, -0.2) is 4.98 Å². The summed E-state index contributed by atoms with van der Waals surface area (Å²) < 4.78 is 0. The Hall–Kier alpha value is -2.60. The first kappa shape index (κ1) is 17.2. The van der Waals surface area contributed by atoms with Crippen molar-refractivity contribution in [3.63, 3.8) is 0 Å². The van der Waals surface area contributed by atoms with Gasteiger partial charge in [0.15, 0.2) is 0 Å². The molecule has 0 unspecified atom stereocenters. The number of amides is 2. The van der Waals surface area contributed by atoms with Crippen LogP contribution in [0.5, 0.6) is 0 Å². The smallest absolute Gasteiger partial charge is 0.269 e. The lowest BCUT2D eigenvalue weighted by atomic mass is 9.99. The maximum atomic E-state index is 12.3. The maximum Gasteiger partial charge on any atom is 0.269 e. The van der Waals surface area contributed by atoms with Crippen molar-refractivity contribution in [2.75, 3.05) is 19.6 Å². The molecule has 1 aromatic carbocycles. The number of rotatable bonds is 5. The van der Waals surface area contributed by atoms with E-state index in [-0.39, 0.29) is 18.2 Å². The first-order valence-electron chi connectivity index (χ1n) is 8.13. The van der Waals surface area contributed by atoms with Gasteiger partial charge in [-0.15, -0.1) is 0 Å². The van der Waals surface area contributed by atoms with E-state index in [1.165, 1.54) is 18.1 Å². The van der Waals surface area contributed by atoms with Crippen molar-refractivity contribution in [3.8, 4) is 0 Å². The van der Waals surface area contributed by atoms with Gasteiger partial charge in [-0.3, -0.25) is 9.59 Å². The van der Waals surface area contributed by atoms with Crippen molar-refractivity contribution in [2.24, 2.45) is 0 Å². The molecule has 2 heterocycles. The second-order valence-corrected chi connectivity index (χ2v) is 6.23. The van der Waals surface area contributed by atoms with Crippen LogP contribution in [0, 0.1) is 0 Å². The summed E-state index contributed by atoms with van der Waals surface area (Å²) in [6.07, 6.45) is 6.06. The Bertz CT molecular complexity index is 769. The highest BCUT2D eigenvalue weighted by molar-refractivity contribution is 6.30. The summed E-state index contributed by atoms with van der Waals surface area (Å²) in [5, 5.41) is 3.43. The predicted octanol–water partition coefficient (Wildman–Crippen LogP) is 2.50. The number of benzene rings is 1. The van der Waals surface area contributed by atoms with Crippen LogP contribution >= 0.6 is 11.6 Å². The van der Waals surface area contributed by atoms with Gasteiger partial charge in [0.25, 0.3) is 5.91 Å². The van der Waals surface area contributed by atoms with Gasteiger partial charge < -0.3 is 15.2 Å². The number of imidazole rings is 1. The normalized spacial score (nSPS) is 14.1. The van der Waals surface area contributed by atoms with Crippen LogP contribution in [0.2, 0.25) is 5.02 Å². The van der Waals surface area contributed by atoms with E-state index in [9.17, 15) is 9.59 Å². The lowest BCUT2D eigenvalue weighted by Gasteiger charge is -2.27. The van der Waals surface area contributed by atoms with E-state index >= 15 is 0 Å². The summed E-state index contributed by atoms with van der Waals surface area (Å²) in [6.45, 7) is 1.58. The van der Waals surface area contributed by atoms with E-state index in [0.29, 0.717) is 30.4 Å². The van der Waals surface area contributed by atoms with Gasteiger partial charge in [-0.05, 0) is 29.7 Å². The minimum atomic E-state index is -0.256. The molecule has 0 saturated carbocycles. The molecular formula is C18H19ClN4O2. The molecule has 6 nitrogen and oxygen atoms in total. The number of H-pyrrole nitrogens is 1. The molecule has 3 rings (SSSR count). The number of aromatic amines is 1. The van der Waals surface area contributed by atoms with Crippen LogP contribution in [0.25, 0.3) is 5.57 Å². The number of hydrogen-bond acceptors (Lipinski definition) is 3. The molecule has 1 aliphatic rings. The molecule has 7 heteroatoms. The lowest BCUT2D eigenvalue weighted by Crippen LogP contribution is -2.37. The summed E-state index contributed by atoms with van der Waals surface area (Å²) in [5.74, 6) is -0.217. The fraction of sp³-hybridized carbons (Fsp3) is 0.278. The van der Waals surface area contributed by atoms with E-state index in [1.54, 1.807) is 0 Å². The molecule has 0 aliphatic carbocycles. The molecule has 0 spiro atoms. The van der Waals surface area contributed by atoms with Crippen LogP contribution in [0.15, 0.2) is 42.9 Å². The highest BCUT2D eigenvalue weighted by atomic mass is 35.5. The molecule has 25 heavy (non-hydrogen) atoms. The fourth-order valence-electron chi connectivity index (χ4n) is 2.74. The average molecular weight is 359 g/mol. The summed E-state index contributed by atoms with van der Waals surface area (Å²) in [4.78, 5) is 32.3. The SMILES string of the molecule is O=C(NCCC(=O)N1CC=C(c2ccc(Cl)cc2)CC1)c1cnc[nH]1. The fourth-order valence-corrected chi connectivity index (χ4v) is 2.86. The Morgan fingerprint density at radius 3 is 2.72 bits per heavy atom. The zero-order valence-electron chi connectivity index (χ0n) is 13.7. The summed E-state index contributed by atoms with van der Waals surface area (Å²) in [7, 11) is 0. The topological polar surface area (TPSA) is 78.1 Å². The first-order chi connectivity index (χ1) is 12.1. The second kappa shape index (κ2) is 7.98. The number of hydrogen-bond donors (Lipinski definition) is 2. The molecule has 130 valence electrons. The Kier molecular flexibility index (Phi) is 5.50. The minimum absolute atomic E-state index is 0.0383. The number of carbonyl (C=O) groups is 2. The summed E-state index contributed by atoms with van der Waals surface area (Å²) in [5.41, 5.74) is 2.76. The number of nitrogens with one attached hydrogen (secondary N) is 2. The zero-order valence-corrected chi connectivity index (χ0v) is 14.4. The van der Waals surface area contributed by atoms with Gasteiger partial charge >= 0.3 is 0 Å². The van der Waals surface area contributed by atoms with Crippen molar-refractivity contribution in [2.45, 2.75) is 12.8 Å². The number of halogens is 1. The van der Waals surface area contributed by atoms with E-state index in [2.05, 4.69) is 21.4 Å². The molecule has 0 saturated heterocycles. The van der Waals surface area contributed by atoms with Crippen LogP contribution in [0.4, 0.5) is 0 Å². The quantitative estimate of drug-likeness (QED) is 0.862. The third-order valence-electron chi connectivity index (χ3n) is 4.14. The zero-order chi connectivity index (χ0) is 17.6. The molecule has 2 amide bonds. The Balaban J connectivity index is 1.46. The van der Waals surface area contributed by atoms with Crippen molar-refractivity contribution in [1.29, 1.82) is 0 Å². The average Bonchev–Trinajstić information content (AvgIpc) is 3.17. The number of aromatic nitrogens is 2. The maximum absolute atomic E-state index is 12.3. The lowest BCUT2D eigenvalue weighted by molar-refractivity contribution is -0.130. The van der Waals surface area contributed by atoms with Gasteiger partial charge in [0.05, 0.1) is 12.5 Å². The molecule has 0 fully saturated rings. The van der Waals surface area contributed by atoms with Crippen LogP contribution in [-0.2, 0) is 4.79 Å². The molecule has 1 aromatic heterocycles. The molecular weight excluding hydrogens is 340 g/mol. The molecule has 2 aromatic rings. The molecule has 0 atom stereocenters. The third kappa shape index (κ3) is 4.48. The van der Waals surface area contributed by atoms with Gasteiger partial charge in [-0.1, -0.05) is 29.8 Å². The molecule has 1 aliphatic heterocycles. The summed E-state index contributed by atoms with van der Waals surface area (Å²) in [6, 6.07) is 7.74. The first-order valence-corrected chi connectivity index (χ1v) is 8.50. The molecule has 0 radical (unpaired) electrons. The van der Waals surface area contributed by atoms with Crippen LogP contribution in [0.3, 0.4) is 0 Å². The van der Waals surface area contributed by atoms with Crippen LogP contribution in [0.1, 0.15) is 28.9 Å². The second-order valence-electron chi connectivity index (χ2n) is 5.80. The van der Waals surface area contributed by atoms with Gasteiger partial charge in [0.2, 0.25) is 5.91 Å². The Morgan fingerprint density at radius 2 is 2.08 bits per heavy atom. The Labute approximate surface area is 150 Å². The monoisotopic (exact) mass is 358 g/mol. The van der Waals surface area contributed by atoms with Crippen LogP contribution < -0.4 is 5.32 Å². The predicted molar refractivity (Wildman–Crippen MR) is 96.2 cm³/mol. The minimum Gasteiger partial charge on any atom is -0.350 e. The van der Waals surface area contributed by atoms with E-state index in [1.807, 2.05) is 29.2 Å². The third-order valence-corrected chi connectivity index (χ3v) is 4.40. The van der Waals surface area contributed by atoms with Crippen molar-refractivity contribution in [3.05, 3.63) is 59.1 Å². The van der Waals surface area contributed by atoms with Crippen molar-refractivity contribution in [1.82, 2.24) is 20.2 Å². The largest absolute Gasteiger partial charge is 0.350 e. The number of carbonyl (C=O) groups excluding carboxylic acids is 2. The highest BCUT2D eigenvalue weighted by Crippen LogP contribution is 2.23. The van der Waals surface area contributed by atoms with Gasteiger partial charge in [0, 0.05) is 31.1 Å². The van der Waals surface area contributed by atoms with Gasteiger partial charge in [0.1, 0.15) is 5.69 Å². The molecule has 0 bridgehead atoms. The summed E-state index contributed by atoms with van der Waals surface area (Å²) >= 11 is 5.91. The Morgan fingerprint density at radius 1 is 1.28 bits per heavy atom.